The first-order chi connectivity index (χ1) is 8.08. The average molecular weight is 255 g/mol. The van der Waals surface area contributed by atoms with E-state index in [9.17, 15) is 0 Å². The Morgan fingerprint density at radius 3 is 2.71 bits per heavy atom. The second-order valence-corrected chi connectivity index (χ2v) is 4.30. The van der Waals surface area contributed by atoms with E-state index in [2.05, 4.69) is 15.4 Å². The lowest BCUT2D eigenvalue weighted by atomic mass is 10.2. The maximum Gasteiger partial charge on any atom is 0.208 e. The number of halogens is 1. The van der Waals surface area contributed by atoms with E-state index in [-0.39, 0.29) is 0 Å². The first-order valence-electron chi connectivity index (χ1n) is 5.38. The van der Waals surface area contributed by atoms with E-state index in [4.69, 9.17) is 16.0 Å². The van der Waals surface area contributed by atoms with E-state index in [1.54, 1.807) is 10.9 Å². The highest BCUT2D eigenvalue weighted by molar-refractivity contribution is 6.30. The summed E-state index contributed by atoms with van der Waals surface area (Å²) >= 11 is 6.12. The molecule has 0 unspecified atom stereocenters. The van der Waals surface area contributed by atoms with Crippen molar-refractivity contribution in [3.8, 4) is 0 Å². The minimum Gasteiger partial charge on any atom is -0.445 e. The number of aromatic nitrogens is 3. The molecule has 1 N–H and O–H groups in total. The molecular formula is C11H15ClN4O. The van der Waals surface area contributed by atoms with Crippen LogP contribution < -0.4 is 5.32 Å². The van der Waals surface area contributed by atoms with E-state index < -0.39 is 0 Å². The molecule has 0 aliphatic rings. The van der Waals surface area contributed by atoms with Gasteiger partial charge in [-0.3, -0.25) is 4.68 Å². The molecule has 0 bridgehead atoms. The van der Waals surface area contributed by atoms with E-state index >= 15 is 0 Å². The van der Waals surface area contributed by atoms with Gasteiger partial charge < -0.3 is 9.73 Å². The van der Waals surface area contributed by atoms with Crippen molar-refractivity contribution in [1.29, 1.82) is 0 Å². The van der Waals surface area contributed by atoms with Crippen LogP contribution in [0.1, 0.15) is 22.9 Å². The van der Waals surface area contributed by atoms with E-state index in [1.807, 2.05) is 20.9 Å². The minimum atomic E-state index is 0.582. The topological polar surface area (TPSA) is 55.9 Å². The largest absolute Gasteiger partial charge is 0.445 e. The molecule has 0 aromatic carbocycles. The van der Waals surface area contributed by atoms with Gasteiger partial charge in [0.05, 0.1) is 18.4 Å². The molecule has 0 spiro atoms. The molecule has 2 heterocycles. The van der Waals surface area contributed by atoms with Gasteiger partial charge in [-0.25, -0.2) is 4.98 Å². The predicted octanol–water partition coefficient (Wildman–Crippen LogP) is 1.97. The number of nitrogens with one attached hydrogen (secondary N) is 1. The van der Waals surface area contributed by atoms with Crippen LogP contribution in [-0.2, 0) is 20.1 Å². The monoisotopic (exact) mass is 254 g/mol. The third kappa shape index (κ3) is 2.68. The molecule has 92 valence electrons. The lowest BCUT2D eigenvalue weighted by Crippen LogP contribution is -2.13. The zero-order chi connectivity index (χ0) is 12.4. The molecule has 0 saturated carbocycles. The van der Waals surface area contributed by atoms with Crippen molar-refractivity contribution in [2.45, 2.75) is 26.9 Å². The number of hydrogen-bond acceptors (Lipinski definition) is 4. The Kier molecular flexibility index (Phi) is 3.49. The van der Waals surface area contributed by atoms with E-state index in [0.717, 1.165) is 17.0 Å². The molecule has 17 heavy (non-hydrogen) atoms. The Balaban J connectivity index is 1.94. The Hall–Kier alpha value is -1.33. The molecule has 2 rings (SSSR count). The van der Waals surface area contributed by atoms with Gasteiger partial charge in [-0.05, 0) is 13.8 Å². The summed E-state index contributed by atoms with van der Waals surface area (Å²) in [5.74, 6) is 1.50. The molecule has 2 aromatic rings. The SMILES string of the molecule is Cc1cnc(CNCc2c(C)nn(C)c2Cl)o1. The Labute approximate surface area is 105 Å². The van der Waals surface area contributed by atoms with Gasteiger partial charge in [0.2, 0.25) is 5.89 Å². The zero-order valence-electron chi connectivity index (χ0n) is 10.1. The molecule has 6 heteroatoms. The van der Waals surface area contributed by atoms with Crippen LogP contribution in [0, 0.1) is 13.8 Å². The van der Waals surface area contributed by atoms with Crippen LogP contribution >= 0.6 is 11.6 Å². The van der Waals surface area contributed by atoms with Crippen molar-refractivity contribution in [2.24, 2.45) is 7.05 Å². The van der Waals surface area contributed by atoms with Crippen LogP contribution in [0.3, 0.4) is 0 Å². The fraction of sp³-hybridized carbons (Fsp3) is 0.455. The summed E-state index contributed by atoms with van der Waals surface area (Å²) < 4.78 is 7.03. The second-order valence-electron chi connectivity index (χ2n) is 3.95. The maximum atomic E-state index is 6.12. The first-order valence-corrected chi connectivity index (χ1v) is 5.75. The van der Waals surface area contributed by atoms with Crippen LogP contribution in [0.5, 0.6) is 0 Å². The van der Waals surface area contributed by atoms with Gasteiger partial charge in [0.1, 0.15) is 10.9 Å². The second kappa shape index (κ2) is 4.89. The fourth-order valence-corrected chi connectivity index (χ4v) is 1.89. The summed E-state index contributed by atoms with van der Waals surface area (Å²) in [5.41, 5.74) is 1.95. The third-order valence-corrected chi connectivity index (χ3v) is 2.99. The summed E-state index contributed by atoms with van der Waals surface area (Å²) in [5, 5.41) is 8.14. The minimum absolute atomic E-state index is 0.582. The fourth-order valence-electron chi connectivity index (χ4n) is 1.65. The Morgan fingerprint density at radius 2 is 2.18 bits per heavy atom. The molecule has 0 radical (unpaired) electrons. The van der Waals surface area contributed by atoms with Gasteiger partial charge in [-0.2, -0.15) is 5.10 Å². The summed E-state index contributed by atoms with van der Waals surface area (Å²) in [7, 11) is 1.83. The van der Waals surface area contributed by atoms with Gasteiger partial charge in [0, 0.05) is 19.2 Å². The van der Waals surface area contributed by atoms with Gasteiger partial charge in [-0.1, -0.05) is 11.6 Å². The van der Waals surface area contributed by atoms with Crippen molar-refractivity contribution in [2.75, 3.05) is 0 Å². The first kappa shape index (κ1) is 12.1. The molecule has 5 nitrogen and oxygen atoms in total. The Bertz CT molecular complexity index is 518. The quantitative estimate of drug-likeness (QED) is 0.906. The molecule has 0 atom stereocenters. The predicted molar refractivity (Wildman–Crippen MR) is 64.7 cm³/mol. The molecule has 0 aliphatic carbocycles. The smallest absolute Gasteiger partial charge is 0.208 e. The lowest BCUT2D eigenvalue weighted by molar-refractivity contribution is 0.449. The number of aryl methyl sites for hydroxylation is 3. The molecule has 0 aliphatic heterocycles. The number of rotatable bonds is 4. The van der Waals surface area contributed by atoms with Crippen LogP contribution in [0.15, 0.2) is 10.6 Å². The summed E-state index contributed by atoms with van der Waals surface area (Å²) in [6, 6.07) is 0. The standard InChI is InChI=1S/C11H15ClN4O/c1-7-4-14-10(17-7)6-13-5-9-8(2)15-16(3)11(9)12/h4,13H,5-6H2,1-3H3. The van der Waals surface area contributed by atoms with Gasteiger partial charge in [0.25, 0.3) is 0 Å². The van der Waals surface area contributed by atoms with Crippen molar-refractivity contribution in [3.63, 3.8) is 0 Å². The van der Waals surface area contributed by atoms with Gasteiger partial charge in [0.15, 0.2) is 0 Å². The summed E-state index contributed by atoms with van der Waals surface area (Å²) in [6.45, 7) is 5.05. The van der Waals surface area contributed by atoms with Crippen molar-refractivity contribution >= 4 is 11.6 Å². The van der Waals surface area contributed by atoms with Crippen LogP contribution in [-0.4, -0.2) is 14.8 Å². The molecule has 0 amide bonds. The molecular weight excluding hydrogens is 240 g/mol. The van der Waals surface area contributed by atoms with E-state index in [0.29, 0.717) is 24.1 Å². The lowest BCUT2D eigenvalue weighted by Gasteiger charge is -2.01. The number of hydrogen-bond donors (Lipinski definition) is 1. The average Bonchev–Trinajstić information content (AvgIpc) is 2.78. The van der Waals surface area contributed by atoms with Crippen LogP contribution in [0.25, 0.3) is 0 Å². The highest BCUT2D eigenvalue weighted by Crippen LogP contribution is 2.18. The molecule has 0 saturated heterocycles. The molecule has 0 fully saturated rings. The van der Waals surface area contributed by atoms with Gasteiger partial charge in [-0.15, -0.1) is 0 Å². The van der Waals surface area contributed by atoms with Crippen LogP contribution in [0.2, 0.25) is 5.15 Å². The summed E-state index contributed by atoms with van der Waals surface area (Å²) in [4.78, 5) is 4.11. The normalized spacial score (nSPS) is 11.1. The zero-order valence-corrected chi connectivity index (χ0v) is 10.9. The number of oxazole rings is 1. The highest BCUT2D eigenvalue weighted by Gasteiger charge is 2.10. The Morgan fingerprint density at radius 1 is 1.41 bits per heavy atom. The van der Waals surface area contributed by atoms with Crippen molar-refractivity contribution in [1.82, 2.24) is 20.1 Å². The van der Waals surface area contributed by atoms with Crippen molar-refractivity contribution < 1.29 is 4.42 Å². The van der Waals surface area contributed by atoms with Crippen molar-refractivity contribution in [3.05, 3.63) is 34.3 Å². The van der Waals surface area contributed by atoms with E-state index in [1.165, 1.54) is 0 Å². The molecule has 2 aromatic heterocycles. The highest BCUT2D eigenvalue weighted by atomic mass is 35.5. The summed E-state index contributed by atoms with van der Waals surface area (Å²) in [6.07, 6.45) is 1.71. The van der Waals surface area contributed by atoms with Gasteiger partial charge >= 0.3 is 0 Å². The number of nitrogens with zero attached hydrogens (tertiary/aromatic N) is 3. The maximum absolute atomic E-state index is 6.12. The van der Waals surface area contributed by atoms with Crippen LogP contribution in [0.4, 0.5) is 0 Å². The third-order valence-electron chi connectivity index (χ3n) is 2.52.